The Bertz CT molecular complexity index is 404. The molecule has 2 unspecified atom stereocenters. The molecule has 0 bridgehead atoms. The van der Waals surface area contributed by atoms with Gasteiger partial charge in [-0.2, -0.15) is 0 Å². The van der Waals surface area contributed by atoms with Gasteiger partial charge in [-0.3, -0.25) is 4.79 Å². The molecule has 1 saturated heterocycles. The van der Waals surface area contributed by atoms with E-state index >= 15 is 0 Å². The largest absolute Gasteiger partial charge is 0.373 e. The molecule has 1 aliphatic rings. The fraction of sp³-hybridized carbons (Fsp3) is 0.600. The van der Waals surface area contributed by atoms with Crippen LogP contribution in [0, 0.1) is 0 Å². The number of rotatable bonds is 2. The summed E-state index contributed by atoms with van der Waals surface area (Å²) in [4.78, 5) is 19.8. The van der Waals surface area contributed by atoms with Gasteiger partial charge in [0.05, 0.1) is 19.0 Å². The monoisotopic (exact) mass is 224 g/mol. The van der Waals surface area contributed by atoms with Gasteiger partial charge < -0.3 is 20.4 Å². The highest BCUT2D eigenvalue weighted by Gasteiger charge is 2.24. The van der Waals surface area contributed by atoms with Crippen molar-refractivity contribution >= 4 is 5.82 Å². The van der Waals surface area contributed by atoms with Gasteiger partial charge in [0.15, 0.2) is 0 Å². The maximum absolute atomic E-state index is 11.2. The molecule has 0 aliphatic carbocycles. The summed E-state index contributed by atoms with van der Waals surface area (Å²) in [7, 11) is 0. The van der Waals surface area contributed by atoms with Crippen LogP contribution in [0.1, 0.15) is 6.92 Å². The standard InChI is InChI=1S/C10H16N4O2/c1-7(11)8-5-14(2-3-16-8)9-4-10(15)13-6-12-9/h4,6-8H,2-3,5,11H2,1H3,(H,12,13,15). The van der Waals surface area contributed by atoms with Crippen molar-refractivity contribution in [1.82, 2.24) is 9.97 Å². The maximum Gasteiger partial charge on any atom is 0.252 e. The van der Waals surface area contributed by atoms with E-state index in [-0.39, 0.29) is 17.7 Å². The van der Waals surface area contributed by atoms with Gasteiger partial charge >= 0.3 is 0 Å². The summed E-state index contributed by atoms with van der Waals surface area (Å²) >= 11 is 0. The van der Waals surface area contributed by atoms with Crippen LogP contribution in [0.5, 0.6) is 0 Å². The van der Waals surface area contributed by atoms with Crippen LogP contribution in [0.2, 0.25) is 0 Å². The lowest BCUT2D eigenvalue weighted by Crippen LogP contribution is -2.50. The molecule has 2 rings (SSSR count). The molecule has 2 atom stereocenters. The van der Waals surface area contributed by atoms with Gasteiger partial charge in [-0.05, 0) is 6.92 Å². The molecule has 0 radical (unpaired) electrons. The maximum atomic E-state index is 11.2. The summed E-state index contributed by atoms with van der Waals surface area (Å²) in [5.74, 6) is 0.678. The molecule has 1 aromatic rings. The number of morpholine rings is 1. The van der Waals surface area contributed by atoms with Crippen molar-refractivity contribution in [2.45, 2.75) is 19.1 Å². The molecular weight excluding hydrogens is 208 g/mol. The van der Waals surface area contributed by atoms with Crippen molar-refractivity contribution in [3.05, 3.63) is 22.7 Å². The Balaban J connectivity index is 2.12. The minimum Gasteiger partial charge on any atom is -0.373 e. The first-order valence-corrected chi connectivity index (χ1v) is 5.33. The van der Waals surface area contributed by atoms with Crippen molar-refractivity contribution < 1.29 is 4.74 Å². The highest BCUT2D eigenvalue weighted by atomic mass is 16.5. The van der Waals surface area contributed by atoms with Crippen molar-refractivity contribution in [2.24, 2.45) is 5.73 Å². The quantitative estimate of drug-likeness (QED) is 0.695. The average Bonchev–Trinajstić information content (AvgIpc) is 2.29. The lowest BCUT2D eigenvalue weighted by Gasteiger charge is -2.35. The Labute approximate surface area is 93.4 Å². The van der Waals surface area contributed by atoms with E-state index in [1.807, 2.05) is 11.8 Å². The molecule has 0 saturated carbocycles. The first kappa shape index (κ1) is 11.1. The molecule has 1 aliphatic heterocycles. The van der Waals surface area contributed by atoms with E-state index in [0.29, 0.717) is 19.0 Å². The van der Waals surface area contributed by atoms with Crippen molar-refractivity contribution in [1.29, 1.82) is 0 Å². The highest BCUT2D eigenvalue weighted by Crippen LogP contribution is 2.13. The predicted molar refractivity (Wildman–Crippen MR) is 60.5 cm³/mol. The fourth-order valence-electron chi connectivity index (χ4n) is 1.73. The zero-order chi connectivity index (χ0) is 11.5. The zero-order valence-corrected chi connectivity index (χ0v) is 9.22. The molecule has 0 spiro atoms. The smallest absolute Gasteiger partial charge is 0.252 e. The lowest BCUT2D eigenvalue weighted by molar-refractivity contribution is 0.0273. The van der Waals surface area contributed by atoms with Gasteiger partial charge in [0, 0.05) is 25.2 Å². The Morgan fingerprint density at radius 2 is 2.56 bits per heavy atom. The Morgan fingerprint density at radius 3 is 3.25 bits per heavy atom. The Hall–Kier alpha value is -1.40. The molecule has 1 aromatic heterocycles. The van der Waals surface area contributed by atoms with E-state index in [2.05, 4.69) is 9.97 Å². The van der Waals surface area contributed by atoms with E-state index < -0.39 is 0 Å². The Kier molecular flexibility index (Phi) is 3.21. The third kappa shape index (κ3) is 2.40. The number of hydrogen-bond donors (Lipinski definition) is 2. The van der Waals surface area contributed by atoms with Crippen LogP contribution in [-0.4, -0.2) is 41.8 Å². The van der Waals surface area contributed by atoms with Crippen LogP contribution in [0.25, 0.3) is 0 Å². The summed E-state index contributed by atoms with van der Waals surface area (Å²) in [6.45, 7) is 3.94. The van der Waals surface area contributed by atoms with Gasteiger partial charge in [0.1, 0.15) is 5.82 Å². The number of nitrogens with two attached hydrogens (primary N) is 1. The summed E-state index contributed by atoms with van der Waals surface area (Å²) < 4.78 is 5.54. The third-order valence-electron chi connectivity index (χ3n) is 2.67. The van der Waals surface area contributed by atoms with Crippen LogP contribution in [0.15, 0.2) is 17.2 Å². The van der Waals surface area contributed by atoms with Gasteiger partial charge in [0.2, 0.25) is 0 Å². The number of H-pyrrole nitrogens is 1. The molecule has 6 nitrogen and oxygen atoms in total. The summed E-state index contributed by atoms with van der Waals surface area (Å²) in [6, 6.07) is 1.47. The minimum absolute atomic E-state index is 0.00478. The molecule has 0 amide bonds. The molecule has 0 aromatic carbocycles. The minimum atomic E-state index is -0.145. The summed E-state index contributed by atoms with van der Waals surface area (Å²) in [5, 5.41) is 0. The number of anilines is 1. The van der Waals surface area contributed by atoms with Crippen LogP contribution < -0.4 is 16.2 Å². The van der Waals surface area contributed by atoms with Crippen LogP contribution in [0.3, 0.4) is 0 Å². The molecule has 2 heterocycles. The van der Waals surface area contributed by atoms with E-state index in [1.165, 1.54) is 12.4 Å². The Morgan fingerprint density at radius 1 is 1.75 bits per heavy atom. The lowest BCUT2D eigenvalue weighted by atomic mass is 10.1. The van der Waals surface area contributed by atoms with Crippen LogP contribution >= 0.6 is 0 Å². The van der Waals surface area contributed by atoms with Gasteiger partial charge in [-0.15, -0.1) is 0 Å². The second kappa shape index (κ2) is 4.63. The van der Waals surface area contributed by atoms with Crippen LogP contribution in [-0.2, 0) is 4.74 Å². The van der Waals surface area contributed by atoms with Crippen LogP contribution in [0.4, 0.5) is 5.82 Å². The number of ether oxygens (including phenoxy) is 1. The average molecular weight is 224 g/mol. The fourth-order valence-corrected chi connectivity index (χ4v) is 1.73. The normalized spacial score (nSPS) is 23.1. The van der Waals surface area contributed by atoms with E-state index in [0.717, 1.165) is 6.54 Å². The van der Waals surface area contributed by atoms with Crippen molar-refractivity contribution in [3.63, 3.8) is 0 Å². The first-order valence-electron chi connectivity index (χ1n) is 5.33. The zero-order valence-electron chi connectivity index (χ0n) is 9.22. The molecule has 1 fully saturated rings. The molecule has 3 N–H and O–H groups in total. The SMILES string of the molecule is CC(N)C1CN(c2cc(=O)[nH]cn2)CCO1. The molecule has 88 valence electrons. The molecule has 6 heteroatoms. The van der Waals surface area contributed by atoms with Gasteiger partial charge in [0.25, 0.3) is 5.56 Å². The second-order valence-electron chi connectivity index (χ2n) is 3.98. The second-order valence-corrected chi connectivity index (χ2v) is 3.98. The third-order valence-corrected chi connectivity index (χ3v) is 2.67. The summed E-state index contributed by atoms with van der Waals surface area (Å²) in [5.41, 5.74) is 5.65. The van der Waals surface area contributed by atoms with Crippen molar-refractivity contribution in [2.75, 3.05) is 24.6 Å². The molecular formula is C10H16N4O2. The number of hydrogen-bond acceptors (Lipinski definition) is 5. The number of nitrogens with zero attached hydrogens (tertiary/aromatic N) is 2. The first-order chi connectivity index (χ1) is 7.66. The summed E-state index contributed by atoms with van der Waals surface area (Å²) in [6.07, 6.45) is 1.41. The number of aromatic amines is 1. The number of nitrogens with one attached hydrogen (secondary N) is 1. The van der Waals surface area contributed by atoms with Crippen molar-refractivity contribution in [3.8, 4) is 0 Å². The van der Waals surface area contributed by atoms with E-state index in [4.69, 9.17) is 10.5 Å². The van der Waals surface area contributed by atoms with E-state index in [1.54, 1.807) is 0 Å². The molecule has 16 heavy (non-hydrogen) atoms. The van der Waals surface area contributed by atoms with E-state index in [9.17, 15) is 4.79 Å². The highest BCUT2D eigenvalue weighted by molar-refractivity contribution is 5.37. The van der Waals surface area contributed by atoms with Gasteiger partial charge in [-0.1, -0.05) is 0 Å². The predicted octanol–water partition coefficient (Wildman–Crippen LogP) is -0.678. The topological polar surface area (TPSA) is 84.2 Å². The number of aromatic nitrogens is 2. The van der Waals surface area contributed by atoms with Gasteiger partial charge in [-0.25, -0.2) is 4.98 Å².